The van der Waals surface area contributed by atoms with Crippen molar-refractivity contribution in [2.45, 2.75) is 84.3 Å². The average molecular weight is 310 g/mol. The number of Topliss-reactive ketones (excluding diaryl/α,β-unsaturated/α-hetero) is 1. The van der Waals surface area contributed by atoms with Gasteiger partial charge >= 0.3 is 0 Å². The summed E-state index contributed by atoms with van der Waals surface area (Å²) in [5, 5.41) is 9.80. The van der Waals surface area contributed by atoms with Crippen LogP contribution in [0.5, 0.6) is 0 Å². The first-order chi connectivity index (χ1) is 10.2. The molecule has 0 spiro atoms. The number of carbonyl (C=O) groups excluding carboxylic acids is 1. The van der Waals surface area contributed by atoms with Crippen LogP contribution in [-0.2, 0) is 9.53 Å². The van der Waals surface area contributed by atoms with E-state index in [2.05, 4.69) is 13.8 Å². The van der Waals surface area contributed by atoms with E-state index in [-0.39, 0.29) is 5.78 Å². The summed E-state index contributed by atoms with van der Waals surface area (Å²) in [7, 11) is 1.86. The molecule has 0 aromatic carbocycles. The highest BCUT2D eigenvalue weighted by Crippen LogP contribution is 2.58. The predicted molar refractivity (Wildman–Crippen MR) is 88.7 cm³/mol. The van der Waals surface area contributed by atoms with Crippen molar-refractivity contribution in [3.8, 4) is 0 Å². The molecule has 4 unspecified atom stereocenters. The van der Waals surface area contributed by atoms with Gasteiger partial charge in [-0.2, -0.15) is 0 Å². The summed E-state index contributed by atoms with van der Waals surface area (Å²) in [4.78, 5) is 12.0. The van der Waals surface area contributed by atoms with Crippen LogP contribution in [0.25, 0.3) is 0 Å². The molecule has 0 amide bonds. The molecule has 0 aliphatic heterocycles. The third-order valence-corrected chi connectivity index (χ3v) is 6.63. The van der Waals surface area contributed by atoms with Gasteiger partial charge in [0.25, 0.3) is 0 Å². The van der Waals surface area contributed by atoms with Gasteiger partial charge in [-0.1, -0.05) is 20.3 Å². The topological polar surface area (TPSA) is 46.5 Å². The summed E-state index contributed by atoms with van der Waals surface area (Å²) in [6.07, 6.45) is 8.11. The van der Waals surface area contributed by atoms with Crippen LogP contribution in [0.1, 0.15) is 72.6 Å². The van der Waals surface area contributed by atoms with Crippen molar-refractivity contribution in [2.24, 2.45) is 23.2 Å². The van der Waals surface area contributed by atoms with Gasteiger partial charge in [0, 0.05) is 13.5 Å². The van der Waals surface area contributed by atoms with E-state index in [0.717, 1.165) is 6.42 Å². The number of ketones is 1. The highest BCUT2D eigenvalue weighted by molar-refractivity contribution is 5.86. The summed E-state index contributed by atoms with van der Waals surface area (Å²) >= 11 is 0. The van der Waals surface area contributed by atoms with E-state index in [1.807, 2.05) is 7.11 Å². The van der Waals surface area contributed by atoms with Gasteiger partial charge in [0.1, 0.15) is 5.60 Å². The molecule has 3 nitrogen and oxygen atoms in total. The Morgan fingerprint density at radius 2 is 2.05 bits per heavy atom. The lowest BCUT2D eigenvalue weighted by molar-refractivity contribution is -0.134. The van der Waals surface area contributed by atoms with E-state index < -0.39 is 5.60 Å². The number of hydrogen-bond acceptors (Lipinski definition) is 3. The zero-order chi connectivity index (χ0) is 16.5. The Hall–Kier alpha value is -0.410. The zero-order valence-corrected chi connectivity index (χ0v) is 15.0. The molecule has 0 radical (unpaired) electrons. The monoisotopic (exact) mass is 310 g/mol. The third-order valence-electron chi connectivity index (χ3n) is 6.63. The zero-order valence-electron chi connectivity index (χ0n) is 15.0. The number of aliphatic hydroxyl groups is 1. The molecule has 2 rings (SSSR count). The second kappa shape index (κ2) is 6.60. The molecule has 0 heterocycles. The summed E-state index contributed by atoms with van der Waals surface area (Å²) in [6, 6.07) is 0. The van der Waals surface area contributed by atoms with Gasteiger partial charge in [-0.25, -0.2) is 0 Å². The highest BCUT2D eigenvalue weighted by atomic mass is 16.5. The van der Waals surface area contributed by atoms with E-state index in [9.17, 15) is 9.90 Å². The van der Waals surface area contributed by atoms with Gasteiger partial charge in [-0.05, 0) is 69.1 Å². The second-order valence-corrected chi connectivity index (χ2v) is 8.46. The van der Waals surface area contributed by atoms with Crippen molar-refractivity contribution < 1.29 is 14.6 Å². The van der Waals surface area contributed by atoms with E-state index in [0.29, 0.717) is 35.7 Å². The Labute approximate surface area is 135 Å². The Kier molecular flexibility index (Phi) is 5.38. The van der Waals surface area contributed by atoms with E-state index in [1.54, 1.807) is 13.8 Å². The molecule has 128 valence electrons. The summed E-state index contributed by atoms with van der Waals surface area (Å²) < 4.78 is 5.75. The smallest absolute Gasteiger partial charge is 0.163 e. The van der Waals surface area contributed by atoms with Gasteiger partial charge < -0.3 is 9.84 Å². The highest BCUT2D eigenvalue weighted by Gasteiger charge is 2.52. The number of methoxy groups -OCH3 is 1. The fraction of sp³-hybridized carbons (Fsp3) is 0.947. The maximum absolute atomic E-state index is 12.0. The van der Waals surface area contributed by atoms with E-state index in [1.165, 1.54) is 32.1 Å². The molecule has 3 heteroatoms. The van der Waals surface area contributed by atoms with Crippen LogP contribution < -0.4 is 0 Å². The number of fused-ring (bicyclic) bond motifs is 1. The quantitative estimate of drug-likeness (QED) is 0.807. The van der Waals surface area contributed by atoms with Crippen LogP contribution in [0.2, 0.25) is 0 Å². The molecular weight excluding hydrogens is 276 g/mol. The lowest BCUT2D eigenvalue weighted by Gasteiger charge is -2.46. The Morgan fingerprint density at radius 3 is 2.64 bits per heavy atom. The molecule has 5 atom stereocenters. The SMILES string of the molecule is COC1CCC[C@]2(C)C(C(C)CCC(=O)C(C)(C)O)CCC12. The second-order valence-electron chi connectivity index (χ2n) is 8.46. The van der Waals surface area contributed by atoms with Gasteiger partial charge in [0.2, 0.25) is 0 Å². The van der Waals surface area contributed by atoms with Crippen LogP contribution in [0, 0.1) is 23.2 Å². The molecule has 0 aromatic heterocycles. The van der Waals surface area contributed by atoms with Gasteiger partial charge in [-0.15, -0.1) is 0 Å². The third kappa shape index (κ3) is 3.41. The maximum Gasteiger partial charge on any atom is 0.163 e. The minimum absolute atomic E-state index is 0.0301. The predicted octanol–water partition coefficient (Wildman–Crippen LogP) is 3.97. The van der Waals surface area contributed by atoms with Crippen LogP contribution in [0.4, 0.5) is 0 Å². The van der Waals surface area contributed by atoms with Crippen molar-refractivity contribution in [3.63, 3.8) is 0 Å². The number of rotatable bonds is 6. The van der Waals surface area contributed by atoms with Crippen LogP contribution in [-0.4, -0.2) is 29.7 Å². The van der Waals surface area contributed by atoms with Crippen molar-refractivity contribution in [1.29, 1.82) is 0 Å². The van der Waals surface area contributed by atoms with E-state index in [4.69, 9.17) is 4.74 Å². The van der Waals surface area contributed by atoms with Crippen molar-refractivity contribution in [2.75, 3.05) is 7.11 Å². The fourth-order valence-corrected chi connectivity index (χ4v) is 5.24. The molecule has 2 aliphatic carbocycles. The summed E-state index contributed by atoms with van der Waals surface area (Å²) in [5.74, 6) is 1.88. The van der Waals surface area contributed by atoms with Gasteiger partial charge in [0.15, 0.2) is 5.78 Å². The summed E-state index contributed by atoms with van der Waals surface area (Å²) in [5.41, 5.74) is -0.816. The van der Waals surface area contributed by atoms with Crippen LogP contribution in [0.3, 0.4) is 0 Å². The fourth-order valence-electron chi connectivity index (χ4n) is 5.24. The summed E-state index contributed by atoms with van der Waals surface area (Å²) in [6.45, 7) is 7.94. The first-order valence-electron chi connectivity index (χ1n) is 8.98. The van der Waals surface area contributed by atoms with Crippen molar-refractivity contribution in [1.82, 2.24) is 0 Å². The first-order valence-corrected chi connectivity index (χ1v) is 8.98. The van der Waals surface area contributed by atoms with E-state index >= 15 is 0 Å². The number of carbonyl (C=O) groups is 1. The molecule has 1 N–H and O–H groups in total. The average Bonchev–Trinajstić information content (AvgIpc) is 2.80. The number of hydrogen-bond donors (Lipinski definition) is 1. The maximum atomic E-state index is 12.0. The molecule has 2 aliphatic rings. The lowest BCUT2D eigenvalue weighted by atomic mass is 9.61. The van der Waals surface area contributed by atoms with Gasteiger partial charge in [-0.3, -0.25) is 4.79 Å². The Bertz CT molecular complexity index is 398. The molecule has 22 heavy (non-hydrogen) atoms. The standard InChI is InChI=1S/C19H34O3/c1-13(8-11-17(20)18(2,3)21)14-9-10-15-16(22-5)7-6-12-19(14,15)4/h13-16,21H,6-12H2,1-5H3/t13?,14?,15?,16?,19-/m1/s1. The van der Waals surface area contributed by atoms with Gasteiger partial charge in [0.05, 0.1) is 6.10 Å². The normalized spacial score (nSPS) is 36.9. The molecule has 2 saturated carbocycles. The number of ether oxygens (including phenoxy) is 1. The molecule has 0 saturated heterocycles. The molecule has 0 aromatic rings. The lowest BCUT2D eigenvalue weighted by Crippen LogP contribution is -2.42. The molecular formula is C19H34O3. The van der Waals surface area contributed by atoms with Crippen LogP contribution >= 0.6 is 0 Å². The van der Waals surface area contributed by atoms with Crippen LogP contribution in [0.15, 0.2) is 0 Å². The Balaban J connectivity index is 1.99. The molecule has 2 fully saturated rings. The minimum atomic E-state index is -1.19. The Morgan fingerprint density at radius 1 is 1.36 bits per heavy atom. The van der Waals surface area contributed by atoms with Crippen molar-refractivity contribution in [3.05, 3.63) is 0 Å². The largest absolute Gasteiger partial charge is 0.383 e. The first kappa shape index (κ1) is 17.9. The van der Waals surface area contributed by atoms with Crippen molar-refractivity contribution >= 4 is 5.78 Å². The molecule has 0 bridgehead atoms. The minimum Gasteiger partial charge on any atom is -0.383 e.